The van der Waals surface area contributed by atoms with E-state index in [4.69, 9.17) is 16.3 Å². The topological polar surface area (TPSA) is 21.3 Å². The molecule has 1 unspecified atom stereocenters. The number of halogens is 1. The normalized spacial score (nSPS) is 18.4. The van der Waals surface area contributed by atoms with E-state index < -0.39 is 0 Å². The largest absolute Gasteiger partial charge is 0.369 e. The Morgan fingerprint density at radius 1 is 1.25 bits per heavy atom. The van der Waals surface area contributed by atoms with Gasteiger partial charge in [-0.15, -0.1) is 0 Å². The molecule has 1 N–H and O–H groups in total. The molecule has 20 heavy (non-hydrogen) atoms. The third-order valence-corrected chi connectivity index (χ3v) is 4.08. The van der Waals surface area contributed by atoms with E-state index >= 15 is 0 Å². The molecule has 0 heterocycles. The van der Waals surface area contributed by atoms with Crippen molar-refractivity contribution in [2.24, 2.45) is 0 Å². The highest BCUT2D eigenvalue weighted by Gasteiger charge is 2.20. The van der Waals surface area contributed by atoms with Crippen LogP contribution in [0.15, 0.2) is 24.3 Å². The Bertz CT molecular complexity index is 402. The summed E-state index contributed by atoms with van der Waals surface area (Å²) in [5.74, 6) is 0. The fourth-order valence-electron chi connectivity index (χ4n) is 2.73. The molecule has 3 heteroatoms. The van der Waals surface area contributed by atoms with E-state index in [1.165, 1.54) is 37.7 Å². The van der Waals surface area contributed by atoms with Gasteiger partial charge in [-0.3, -0.25) is 0 Å². The summed E-state index contributed by atoms with van der Waals surface area (Å²) in [5.41, 5.74) is 1.18. The molecular weight excluding hydrogens is 270 g/mol. The third kappa shape index (κ3) is 5.08. The van der Waals surface area contributed by atoms with Gasteiger partial charge in [-0.1, -0.05) is 56.8 Å². The molecule has 1 aromatic rings. The Morgan fingerprint density at radius 2 is 2.00 bits per heavy atom. The van der Waals surface area contributed by atoms with E-state index in [9.17, 15) is 0 Å². The van der Waals surface area contributed by atoms with Crippen LogP contribution in [0.4, 0.5) is 0 Å². The predicted octanol–water partition coefficient (Wildman–Crippen LogP) is 4.73. The van der Waals surface area contributed by atoms with Gasteiger partial charge in [-0.05, 0) is 30.5 Å². The molecule has 0 aromatic heterocycles. The average molecular weight is 296 g/mol. The minimum Gasteiger partial charge on any atom is -0.369 e. The summed E-state index contributed by atoms with van der Waals surface area (Å²) in [6.45, 7) is 5.17. The van der Waals surface area contributed by atoms with Crippen LogP contribution in [0.3, 0.4) is 0 Å². The molecule has 112 valence electrons. The quantitative estimate of drug-likeness (QED) is 0.819. The first-order chi connectivity index (χ1) is 9.65. The summed E-state index contributed by atoms with van der Waals surface area (Å²) in [6.07, 6.45) is 6.83. The van der Waals surface area contributed by atoms with Gasteiger partial charge in [0.2, 0.25) is 0 Å². The first kappa shape index (κ1) is 15.8. The van der Waals surface area contributed by atoms with Crippen molar-refractivity contribution in [2.75, 3.05) is 6.54 Å². The summed E-state index contributed by atoms with van der Waals surface area (Å²) in [6, 6.07) is 8.52. The number of ether oxygens (including phenoxy) is 1. The summed E-state index contributed by atoms with van der Waals surface area (Å²) in [4.78, 5) is 0. The smallest absolute Gasteiger partial charge is 0.0953 e. The fourth-order valence-corrected chi connectivity index (χ4v) is 2.93. The second-order valence-electron chi connectivity index (χ2n) is 6.00. The Hall–Kier alpha value is -0.570. The van der Waals surface area contributed by atoms with Crippen LogP contribution in [-0.4, -0.2) is 18.7 Å². The molecule has 1 saturated carbocycles. The molecular formula is C17H26ClNO. The second kappa shape index (κ2) is 8.02. The summed E-state index contributed by atoms with van der Waals surface area (Å²) in [5, 5.41) is 4.27. The maximum atomic E-state index is 6.36. The average Bonchev–Trinajstić information content (AvgIpc) is 2.44. The molecule has 1 atom stereocenters. The molecule has 0 spiro atoms. The van der Waals surface area contributed by atoms with E-state index in [0.29, 0.717) is 12.1 Å². The Balaban J connectivity index is 2.02. The highest BCUT2D eigenvalue weighted by atomic mass is 35.5. The fraction of sp³-hybridized carbons (Fsp3) is 0.647. The lowest BCUT2D eigenvalue weighted by Gasteiger charge is -2.29. The van der Waals surface area contributed by atoms with Crippen LogP contribution in [0.5, 0.6) is 0 Å². The number of hydrogen-bond acceptors (Lipinski definition) is 2. The van der Waals surface area contributed by atoms with Gasteiger partial charge in [0.25, 0.3) is 0 Å². The third-order valence-electron chi connectivity index (χ3n) is 3.84. The van der Waals surface area contributed by atoms with Crippen molar-refractivity contribution < 1.29 is 4.74 Å². The highest BCUT2D eigenvalue weighted by Crippen LogP contribution is 2.28. The van der Waals surface area contributed by atoms with Crippen LogP contribution >= 0.6 is 11.6 Å². The van der Waals surface area contributed by atoms with Crippen molar-refractivity contribution in [3.63, 3.8) is 0 Å². The Kier molecular flexibility index (Phi) is 6.34. The lowest BCUT2D eigenvalue weighted by molar-refractivity contribution is -0.0312. The number of nitrogens with one attached hydrogen (secondary N) is 1. The van der Waals surface area contributed by atoms with Crippen molar-refractivity contribution in [1.82, 2.24) is 5.32 Å². The molecule has 1 fully saturated rings. The number of benzene rings is 1. The zero-order chi connectivity index (χ0) is 14.4. The van der Waals surface area contributed by atoms with Crippen LogP contribution in [0.2, 0.25) is 5.02 Å². The van der Waals surface area contributed by atoms with Crippen LogP contribution in [0, 0.1) is 0 Å². The highest BCUT2D eigenvalue weighted by molar-refractivity contribution is 6.30. The van der Waals surface area contributed by atoms with Crippen LogP contribution in [-0.2, 0) is 4.74 Å². The Morgan fingerprint density at radius 3 is 2.65 bits per heavy atom. The summed E-state index contributed by atoms with van der Waals surface area (Å²) < 4.78 is 6.36. The van der Waals surface area contributed by atoms with Gasteiger partial charge in [0.05, 0.1) is 12.2 Å². The zero-order valence-electron chi connectivity index (χ0n) is 12.6. The van der Waals surface area contributed by atoms with E-state index in [-0.39, 0.29) is 6.10 Å². The minimum absolute atomic E-state index is 0.0965. The molecule has 0 amide bonds. The van der Waals surface area contributed by atoms with Gasteiger partial charge in [-0.25, -0.2) is 0 Å². The van der Waals surface area contributed by atoms with Crippen molar-refractivity contribution in [3.05, 3.63) is 34.9 Å². The summed E-state index contributed by atoms with van der Waals surface area (Å²) in [7, 11) is 0. The lowest BCUT2D eigenvalue weighted by Crippen LogP contribution is -2.31. The van der Waals surface area contributed by atoms with Crippen LogP contribution < -0.4 is 5.32 Å². The molecule has 2 nitrogen and oxygen atoms in total. The van der Waals surface area contributed by atoms with Gasteiger partial charge < -0.3 is 10.1 Å². The van der Waals surface area contributed by atoms with Crippen LogP contribution in [0.1, 0.15) is 57.6 Å². The predicted molar refractivity (Wildman–Crippen MR) is 85.3 cm³/mol. The molecule has 0 bridgehead atoms. The van der Waals surface area contributed by atoms with Crippen molar-refractivity contribution in [3.8, 4) is 0 Å². The van der Waals surface area contributed by atoms with E-state index in [1.54, 1.807) is 0 Å². The maximum absolute atomic E-state index is 6.36. The Labute approximate surface area is 127 Å². The van der Waals surface area contributed by atoms with Gasteiger partial charge in [0.15, 0.2) is 0 Å². The standard InChI is InChI=1S/C17H26ClNO/c1-13(2)19-12-17(14-7-6-8-15(18)11-14)20-16-9-4-3-5-10-16/h6-8,11,13,16-17,19H,3-5,9-10,12H2,1-2H3. The van der Waals surface area contributed by atoms with E-state index in [1.807, 2.05) is 18.2 Å². The van der Waals surface area contributed by atoms with Gasteiger partial charge >= 0.3 is 0 Å². The molecule has 2 rings (SSSR count). The van der Waals surface area contributed by atoms with Crippen molar-refractivity contribution in [2.45, 2.75) is 64.2 Å². The van der Waals surface area contributed by atoms with E-state index in [0.717, 1.165) is 11.6 Å². The van der Waals surface area contributed by atoms with Gasteiger partial charge in [0, 0.05) is 17.6 Å². The minimum atomic E-state index is 0.0965. The molecule has 0 aliphatic heterocycles. The lowest BCUT2D eigenvalue weighted by atomic mass is 9.97. The maximum Gasteiger partial charge on any atom is 0.0953 e. The van der Waals surface area contributed by atoms with Crippen molar-refractivity contribution in [1.29, 1.82) is 0 Å². The first-order valence-corrected chi connectivity index (χ1v) is 8.17. The number of rotatable bonds is 6. The number of hydrogen-bond donors (Lipinski definition) is 1. The van der Waals surface area contributed by atoms with Gasteiger partial charge in [0.1, 0.15) is 0 Å². The van der Waals surface area contributed by atoms with E-state index in [2.05, 4.69) is 25.2 Å². The van der Waals surface area contributed by atoms with Crippen molar-refractivity contribution >= 4 is 11.6 Å². The summed E-state index contributed by atoms with van der Waals surface area (Å²) >= 11 is 6.12. The second-order valence-corrected chi connectivity index (χ2v) is 6.44. The molecule has 0 radical (unpaired) electrons. The first-order valence-electron chi connectivity index (χ1n) is 7.79. The zero-order valence-corrected chi connectivity index (χ0v) is 13.3. The molecule has 1 aliphatic carbocycles. The SMILES string of the molecule is CC(C)NCC(OC1CCCCC1)c1cccc(Cl)c1. The molecule has 1 aliphatic rings. The van der Waals surface area contributed by atoms with Crippen LogP contribution in [0.25, 0.3) is 0 Å². The molecule has 1 aromatic carbocycles. The van der Waals surface area contributed by atoms with Gasteiger partial charge in [-0.2, -0.15) is 0 Å². The monoisotopic (exact) mass is 295 g/mol. The molecule has 0 saturated heterocycles.